The van der Waals surface area contributed by atoms with Crippen LogP contribution in [0.4, 0.5) is 5.69 Å². The molecule has 1 unspecified atom stereocenters. The summed E-state index contributed by atoms with van der Waals surface area (Å²) in [6, 6.07) is 5.71. The molecular weight excluding hydrogens is 356 g/mol. The first-order chi connectivity index (χ1) is 13.5. The summed E-state index contributed by atoms with van der Waals surface area (Å²) in [4.78, 5) is 38.1. The largest absolute Gasteiger partial charge is 0.496 e. The van der Waals surface area contributed by atoms with Gasteiger partial charge in [0.25, 0.3) is 0 Å². The smallest absolute Gasteiger partial charge is 0.195 e. The van der Waals surface area contributed by atoms with E-state index in [0.29, 0.717) is 24.0 Å². The SMILES string of the molecule is C=C[C@@H]1CN2CCC3(Nc4cccc(OC)c4C3=O)[C@H]2C[C@@H]1CCC(=O)C=O. The molecule has 1 spiro atoms. The van der Waals surface area contributed by atoms with Gasteiger partial charge in [-0.3, -0.25) is 19.3 Å². The molecule has 148 valence electrons. The average Bonchev–Trinajstić information content (AvgIpc) is 3.23. The van der Waals surface area contributed by atoms with E-state index in [-0.39, 0.29) is 35.9 Å². The van der Waals surface area contributed by atoms with Gasteiger partial charge in [0.15, 0.2) is 17.9 Å². The van der Waals surface area contributed by atoms with E-state index in [2.05, 4.69) is 16.8 Å². The zero-order valence-corrected chi connectivity index (χ0v) is 16.1. The first kappa shape index (κ1) is 18.9. The highest BCUT2D eigenvalue weighted by Crippen LogP contribution is 2.49. The highest BCUT2D eigenvalue weighted by molar-refractivity contribution is 6.24. The number of methoxy groups -OCH3 is 1. The molecule has 0 radical (unpaired) electrons. The molecule has 3 heterocycles. The Morgan fingerprint density at radius 2 is 2.29 bits per heavy atom. The fourth-order valence-electron chi connectivity index (χ4n) is 5.36. The zero-order valence-electron chi connectivity index (χ0n) is 16.1. The summed E-state index contributed by atoms with van der Waals surface area (Å²) >= 11 is 0. The lowest BCUT2D eigenvalue weighted by atomic mass is 9.73. The van der Waals surface area contributed by atoms with Gasteiger partial charge >= 0.3 is 0 Å². The maximum absolute atomic E-state index is 13.5. The molecule has 0 bridgehead atoms. The fourth-order valence-corrected chi connectivity index (χ4v) is 5.36. The number of carbonyl (C=O) groups is 3. The normalized spacial score (nSPS) is 31.2. The second kappa shape index (κ2) is 7.17. The van der Waals surface area contributed by atoms with Crippen LogP contribution in [0.25, 0.3) is 0 Å². The monoisotopic (exact) mass is 382 g/mol. The third kappa shape index (κ3) is 2.78. The van der Waals surface area contributed by atoms with Crippen molar-refractivity contribution in [3.63, 3.8) is 0 Å². The Balaban J connectivity index is 1.61. The summed E-state index contributed by atoms with van der Waals surface area (Å²) in [5.74, 6) is 0.848. The van der Waals surface area contributed by atoms with Crippen molar-refractivity contribution in [3.8, 4) is 5.75 Å². The number of fused-ring (bicyclic) bond motifs is 3. The first-order valence-corrected chi connectivity index (χ1v) is 9.88. The number of carbonyl (C=O) groups excluding carboxylic acids is 3. The van der Waals surface area contributed by atoms with Crippen LogP contribution in [0.1, 0.15) is 36.0 Å². The Morgan fingerprint density at radius 1 is 1.46 bits per heavy atom. The Bertz CT molecular complexity index is 836. The van der Waals surface area contributed by atoms with Gasteiger partial charge in [-0.05, 0) is 43.2 Å². The number of ketones is 2. The van der Waals surface area contributed by atoms with Gasteiger partial charge in [-0.1, -0.05) is 12.1 Å². The molecule has 2 saturated heterocycles. The van der Waals surface area contributed by atoms with Crippen LogP contribution in [0.2, 0.25) is 0 Å². The summed E-state index contributed by atoms with van der Waals surface area (Å²) < 4.78 is 5.44. The van der Waals surface area contributed by atoms with Gasteiger partial charge in [-0.25, -0.2) is 0 Å². The number of nitrogens with one attached hydrogen (secondary N) is 1. The second-order valence-electron chi connectivity index (χ2n) is 8.09. The number of rotatable bonds is 6. The van der Waals surface area contributed by atoms with E-state index in [1.807, 2.05) is 24.3 Å². The van der Waals surface area contributed by atoms with Gasteiger partial charge in [0.05, 0.1) is 12.7 Å². The average molecular weight is 382 g/mol. The molecular formula is C22H26N2O4. The summed E-state index contributed by atoms with van der Waals surface area (Å²) in [6.07, 6.45) is 4.82. The van der Waals surface area contributed by atoms with Crippen molar-refractivity contribution in [1.82, 2.24) is 4.90 Å². The molecule has 0 amide bonds. The van der Waals surface area contributed by atoms with Crippen molar-refractivity contribution >= 4 is 23.5 Å². The first-order valence-electron chi connectivity index (χ1n) is 9.88. The fraction of sp³-hybridized carbons (Fsp3) is 0.500. The van der Waals surface area contributed by atoms with Crippen LogP contribution in [0.5, 0.6) is 5.75 Å². The van der Waals surface area contributed by atoms with E-state index in [0.717, 1.165) is 31.6 Å². The molecule has 4 atom stereocenters. The van der Waals surface area contributed by atoms with Crippen LogP contribution >= 0.6 is 0 Å². The molecule has 4 rings (SSSR count). The number of ether oxygens (including phenoxy) is 1. The quantitative estimate of drug-likeness (QED) is 0.463. The van der Waals surface area contributed by atoms with Crippen LogP contribution in [-0.2, 0) is 9.59 Å². The van der Waals surface area contributed by atoms with Gasteiger partial charge in [-0.15, -0.1) is 6.58 Å². The predicted molar refractivity (Wildman–Crippen MR) is 106 cm³/mol. The number of anilines is 1. The van der Waals surface area contributed by atoms with Crippen molar-refractivity contribution in [2.75, 3.05) is 25.5 Å². The third-order valence-electron chi connectivity index (χ3n) is 6.81. The molecule has 3 aliphatic heterocycles. The second-order valence-corrected chi connectivity index (χ2v) is 8.09. The Hall–Kier alpha value is -2.47. The van der Waals surface area contributed by atoms with E-state index in [1.165, 1.54) is 0 Å². The van der Waals surface area contributed by atoms with Gasteiger partial charge in [-0.2, -0.15) is 0 Å². The number of piperidine rings is 1. The maximum atomic E-state index is 13.5. The third-order valence-corrected chi connectivity index (χ3v) is 6.81. The Kier molecular flexibility index (Phi) is 4.83. The molecule has 6 heteroatoms. The highest BCUT2D eigenvalue weighted by atomic mass is 16.5. The van der Waals surface area contributed by atoms with Gasteiger partial charge in [0.1, 0.15) is 11.3 Å². The lowest BCUT2D eigenvalue weighted by Gasteiger charge is -2.44. The molecule has 1 aromatic rings. The minimum Gasteiger partial charge on any atom is -0.496 e. The number of aldehydes is 1. The molecule has 0 aliphatic carbocycles. The summed E-state index contributed by atoms with van der Waals surface area (Å²) in [6.45, 7) is 5.66. The molecule has 0 saturated carbocycles. The lowest BCUT2D eigenvalue weighted by Crippen LogP contribution is -2.57. The topological polar surface area (TPSA) is 75.7 Å². The molecule has 2 fully saturated rings. The van der Waals surface area contributed by atoms with Crippen LogP contribution in [0.3, 0.4) is 0 Å². The van der Waals surface area contributed by atoms with Gasteiger partial charge in [0.2, 0.25) is 0 Å². The van der Waals surface area contributed by atoms with Crippen LogP contribution in [-0.4, -0.2) is 54.5 Å². The standard InChI is InChI=1S/C22H26N2O4/c1-3-14-12-24-10-9-22(19(24)11-15(14)7-8-16(26)13-25)21(27)20-17(23-22)5-4-6-18(20)28-2/h3-6,13-15,19,23H,1,7-12H2,2H3/t14-,15+,19-,22?/m1/s1. The summed E-state index contributed by atoms with van der Waals surface area (Å²) in [5, 5.41) is 3.54. The Morgan fingerprint density at radius 3 is 3.00 bits per heavy atom. The number of nitrogens with zero attached hydrogens (tertiary/aromatic N) is 1. The summed E-state index contributed by atoms with van der Waals surface area (Å²) in [7, 11) is 1.59. The van der Waals surface area contributed by atoms with Crippen LogP contribution < -0.4 is 10.1 Å². The molecule has 6 nitrogen and oxygen atoms in total. The number of hydrogen-bond acceptors (Lipinski definition) is 6. The van der Waals surface area contributed by atoms with Crippen molar-refractivity contribution in [3.05, 3.63) is 36.4 Å². The van der Waals surface area contributed by atoms with E-state index < -0.39 is 5.54 Å². The molecule has 3 aliphatic rings. The number of hydrogen-bond donors (Lipinski definition) is 1. The van der Waals surface area contributed by atoms with E-state index in [1.54, 1.807) is 7.11 Å². The highest BCUT2D eigenvalue weighted by Gasteiger charge is 2.59. The number of Topliss-reactive ketones (excluding diaryl/α,β-unsaturated/α-hetero) is 2. The van der Waals surface area contributed by atoms with E-state index >= 15 is 0 Å². The van der Waals surface area contributed by atoms with Crippen molar-refractivity contribution in [2.45, 2.75) is 37.3 Å². The van der Waals surface area contributed by atoms with Crippen molar-refractivity contribution in [2.24, 2.45) is 11.8 Å². The predicted octanol–water partition coefficient (Wildman–Crippen LogP) is 2.49. The zero-order chi connectivity index (χ0) is 19.9. The van der Waals surface area contributed by atoms with E-state index in [4.69, 9.17) is 4.74 Å². The van der Waals surface area contributed by atoms with Crippen molar-refractivity contribution in [1.29, 1.82) is 0 Å². The van der Waals surface area contributed by atoms with Gasteiger partial charge in [0, 0.05) is 31.2 Å². The van der Waals surface area contributed by atoms with Crippen molar-refractivity contribution < 1.29 is 19.1 Å². The van der Waals surface area contributed by atoms with Crippen LogP contribution in [0.15, 0.2) is 30.9 Å². The minimum atomic E-state index is -0.643. The van der Waals surface area contributed by atoms with Gasteiger partial charge < -0.3 is 10.1 Å². The molecule has 1 N–H and O–H groups in total. The minimum absolute atomic E-state index is 0.0599. The molecule has 1 aromatic carbocycles. The Labute approximate surface area is 164 Å². The van der Waals surface area contributed by atoms with Crippen LogP contribution in [0, 0.1) is 11.8 Å². The molecule has 0 aromatic heterocycles. The lowest BCUT2D eigenvalue weighted by molar-refractivity contribution is -0.130. The number of benzene rings is 1. The maximum Gasteiger partial charge on any atom is 0.195 e. The van der Waals surface area contributed by atoms with E-state index in [9.17, 15) is 14.4 Å². The molecule has 28 heavy (non-hydrogen) atoms. The summed E-state index contributed by atoms with van der Waals surface area (Å²) in [5.41, 5.74) is 0.839.